The number of hydrogen-bond donors (Lipinski definition) is 0. The maximum absolute atomic E-state index is 4.00. The van der Waals surface area contributed by atoms with Gasteiger partial charge in [0.1, 0.15) is 0 Å². The predicted molar refractivity (Wildman–Crippen MR) is 208 cm³/mol. The van der Waals surface area contributed by atoms with E-state index in [1.807, 2.05) is 0 Å². The van der Waals surface area contributed by atoms with Gasteiger partial charge in [0.2, 0.25) is 0 Å². The zero-order valence-electron chi connectivity index (χ0n) is 27.4. The van der Waals surface area contributed by atoms with Crippen molar-refractivity contribution in [1.29, 1.82) is 0 Å². The Balaban J connectivity index is 0.00000197. The van der Waals surface area contributed by atoms with Crippen molar-refractivity contribution in [3.8, 4) is 24.0 Å². The van der Waals surface area contributed by atoms with Crippen molar-refractivity contribution in [3.05, 3.63) is 187 Å². The number of nitrogens with zero attached hydrogens (tertiary/aromatic N) is 2. The van der Waals surface area contributed by atoms with Crippen LogP contribution in [0.5, 0.6) is 0 Å². The second-order valence-electron chi connectivity index (χ2n) is 11.4. The molecule has 7 aromatic rings. The molecule has 232 valence electrons. The van der Waals surface area contributed by atoms with E-state index in [-0.39, 0.29) is 0 Å². The molecule has 0 atom stereocenters. The van der Waals surface area contributed by atoms with Gasteiger partial charge in [-0.25, -0.2) is 0 Å². The fourth-order valence-electron chi connectivity index (χ4n) is 6.26. The van der Waals surface area contributed by atoms with Crippen LogP contribution in [-0.2, 0) is 0 Å². The van der Waals surface area contributed by atoms with E-state index in [9.17, 15) is 0 Å². The first kappa shape index (κ1) is 31.7. The molecule has 2 heteroatoms. The summed E-state index contributed by atoms with van der Waals surface area (Å²) >= 11 is 0. The molecule has 7 aromatic carbocycles. The third-order valence-corrected chi connectivity index (χ3v) is 8.50. The molecule has 0 aliphatic rings. The largest absolute Gasteiger partial charge is 0.310 e. The Morgan fingerprint density at radius 3 is 1.44 bits per heavy atom. The highest BCUT2D eigenvalue weighted by molar-refractivity contribution is 5.99. The number of anilines is 6. The standard InChI is InChI=1S/C44H36N2.C2H2/c1-3-14-41-33(2)15-12-23-43(41)45(37-18-6-4-7-19-37)39-29-25-34(26-30-39)35-27-31-40(32-28-35)46(38-20-8-5-9-21-38)44-24-13-17-36-16-10-11-22-42(36)44;1-2/h3-32H,1-2H3;1-2H/b14-3-;. The molecule has 7 rings (SSSR count). The van der Waals surface area contributed by atoms with Gasteiger partial charge in [-0.05, 0) is 96.6 Å². The van der Waals surface area contributed by atoms with Crippen LogP contribution in [0.1, 0.15) is 18.1 Å². The van der Waals surface area contributed by atoms with Crippen molar-refractivity contribution < 1.29 is 0 Å². The molecule has 48 heavy (non-hydrogen) atoms. The molecule has 0 saturated carbocycles. The number of para-hydroxylation sites is 2. The summed E-state index contributed by atoms with van der Waals surface area (Å²) in [5.74, 6) is 0. The number of rotatable bonds is 8. The summed E-state index contributed by atoms with van der Waals surface area (Å²) in [6, 6.07) is 60.6. The Bertz CT molecular complexity index is 2140. The zero-order chi connectivity index (χ0) is 33.3. The minimum atomic E-state index is 1.12. The lowest BCUT2D eigenvalue weighted by atomic mass is 10.0. The van der Waals surface area contributed by atoms with E-state index in [4.69, 9.17) is 0 Å². The third-order valence-electron chi connectivity index (χ3n) is 8.50. The van der Waals surface area contributed by atoms with Gasteiger partial charge < -0.3 is 9.80 Å². The van der Waals surface area contributed by atoms with Gasteiger partial charge in [0.05, 0.1) is 11.4 Å². The van der Waals surface area contributed by atoms with Gasteiger partial charge in [-0.2, -0.15) is 0 Å². The molecule has 0 saturated heterocycles. The van der Waals surface area contributed by atoms with E-state index >= 15 is 0 Å². The molecule has 0 unspecified atom stereocenters. The van der Waals surface area contributed by atoms with Crippen molar-refractivity contribution in [2.75, 3.05) is 9.80 Å². The van der Waals surface area contributed by atoms with Crippen LogP contribution < -0.4 is 9.80 Å². The lowest BCUT2D eigenvalue weighted by molar-refractivity contribution is 1.26. The van der Waals surface area contributed by atoms with Gasteiger partial charge in [0, 0.05) is 33.7 Å². The molecular formula is C46H38N2. The van der Waals surface area contributed by atoms with E-state index in [0.29, 0.717) is 0 Å². The quantitative estimate of drug-likeness (QED) is 0.156. The Hall–Kier alpha value is -6.30. The zero-order valence-corrected chi connectivity index (χ0v) is 27.4. The second kappa shape index (κ2) is 14.9. The van der Waals surface area contributed by atoms with Gasteiger partial charge in [-0.3, -0.25) is 0 Å². The molecule has 0 heterocycles. The van der Waals surface area contributed by atoms with Crippen LogP contribution >= 0.6 is 0 Å². The molecular weight excluding hydrogens is 581 g/mol. The van der Waals surface area contributed by atoms with Gasteiger partial charge in [-0.15, -0.1) is 12.8 Å². The summed E-state index contributed by atoms with van der Waals surface area (Å²) in [5.41, 5.74) is 11.7. The molecule has 0 aliphatic heterocycles. The minimum absolute atomic E-state index is 1.12. The highest BCUT2D eigenvalue weighted by Crippen LogP contribution is 2.41. The van der Waals surface area contributed by atoms with Gasteiger partial charge >= 0.3 is 0 Å². The van der Waals surface area contributed by atoms with Crippen molar-refractivity contribution in [2.24, 2.45) is 0 Å². The van der Waals surface area contributed by atoms with E-state index < -0.39 is 0 Å². The van der Waals surface area contributed by atoms with Crippen LogP contribution in [0.15, 0.2) is 176 Å². The fourth-order valence-corrected chi connectivity index (χ4v) is 6.26. The van der Waals surface area contributed by atoms with Gasteiger partial charge in [-0.1, -0.05) is 121 Å². The number of hydrogen-bond acceptors (Lipinski definition) is 2. The fraction of sp³-hybridized carbons (Fsp3) is 0.0435. The Kier molecular flexibility index (Phi) is 9.81. The molecule has 0 aromatic heterocycles. The predicted octanol–water partition coefficient (Wildman–Crippen LogP) is 13.0. The molecule has 2 nitrogen and oxygen atoms in total. The molecule has 0 spiro atoms. The SMILES string of the molecule is C#C.C/C=C\c1c(C)cccc1N(c1ccccc1)c1ccc(-c2ccc(N(c3ccccc3)c3cccc4ccccc34)cc2)cc1. The number of fused-ring (bicyclic) bond motifs is 1. The Morgan fingerprint density at radius 2 is 0.875 bits per heavy atom. The van der Waals surface area contributed by atoms with Crippen molar-refractivity contribution in [1.82, 2.24) is 0 Å². The summed E-state index contributed by atoms with van der Waals surface area (Å²) in [7, 11) is 0. The third kappa shape index (κ3) is 6.49. The minimum Gasteiger partial charge on any atom is -0.310 e. The first-order chi connectivity index (χ1) is 23.7. The maximum atomic E-state index is 4.00. The Labute approximate surface area is 284 Å². The smallest absolute Gasteiger partial charge is 0.0540 e. The first-order valence-electron chi connectivity index (χ1n) is 16.2. The summed E-state index contributed by atoms with van der Waals surface area (Å²) < 4.78 is 0. The van der Waals surface area contributed by atoms with Crippen LogP contribution in [0.25, 0.3) is 28.0 Å². The molecule has 0 bridgehead atoms. The van der Waals surface area contributed by atoms with Crippen LogP contribution in [-0.4, -0.2) is 0 Å². The average molecular weight is 619 g/mol. The van der Waals surface area contributed by atoms with Gasteiger partial charge in [0.15, 0.2) is 0 Å². The first-order valence-corrected chi connectivity index (χ1v) is 16.2. The van der Waals surface area contributed by atoms with Crippen LogP contribution in [0.2, 0.25) is 0 Å². The summed E-state index contributed by atoms with van der Waals surface area (Å²) in [6.07, 6.45) is 12.3. The highest BCUT2D eigenvalue weighted by atomic mass is 15.1. The summed E-state index contributed by atoms with van der Waals surface area (Å²) in [4.78, 5) is 4.69. The monoisotopic (exact) mass is 618 g/mol. The molecule has 0 N–H and O–H groups in total. The topological polar surface area (TPSA) is 6.48 Å². The molecule has 0 fully saturated rings. The molecule has 0 radical (unpaired) electrons. The summed E-state index contributed by atoms with van der Waals surface area (Å²) in [5, 5.41) is 2.45. The van der Waals surface area contributed by atoms with Gasteiger partial charge in [0.25, 0.3) is 0 Å². The van der Waals surface area contributed by atoms with Crippen molar-refractivity contribution >= 4 is 51.0 Å². The maximum Gasteiger partial charge on any atom is 0.0540 e. The number of terminal acetylenes is 1. The number of aryl methyl sites for hydroxylation is 1. The van der Waals surface area contributed by atoms with E-state index in [0.717, 1.165) is 34.1 Å². The van der Waals surface area contributed by atoms with Crippen molar-refractivity contribution in [2.45, 2.75) is 13.8 Å². The van der Waals surface area contributed by atoms with E-state index in [2.05, 4.69) is 219 Å². The van der Waals surface area contributed by atoms with Crippen LogP contribution in [0.4, 0.5) is 34.1 Å². The normalized spacial score (nSPS) is 10.8. The lowest BCUT2D eigenvalue weighted by Gasteiger charge is -2.28. The van der Waals surface area contributed by atoms with Crippen LogP contribution in [0, 0.1) is 19.8 Å². The second-order valence-corrected chi connectivity index (χ2v) is 11.4. The molecule has 0 amide bonds. The average Bonchev–Trinajstić information content (AvgIpc) is 3.16. The number of benzene rings is 7. The lowest BCUT2D eigenvalue weighted by Crippen LogP contribution is -2.11. The van der Waals surface area contributed by atoms with E-state index in [1.165, 1.54) is 33.0 Å². The van der Waals surface area contributed by atoms with Crippen molar-refractivity contribution in [3.63, 3.8) is 0 Å². The Morgan fingerprint density at radius 1 is 0.438 bits per heavy atom. The van der Waals surface area contributed by atoms with E-state index in [1.54, 1.807) is 0 Å². The molecule has 0 aliphatic carbocycles. The summed E-state index contributed by atoms with van der Waals surface area (Å²) in [6.45, 7) is 4.25. The van der Waals surface area contributed by atoms with Crippen LogP contribution in [0.3, 0.4) is 0 Å². The number of allylic oxidation sites excluding steroid dienone is 1. The highest BCUT2D eigenvalue weighted by Gasteiger charge is 2.17.